The van der Waals surface area contributed by atoms with Crippen molar-refractivity contribution in [3.63, 3.8) is 0 Å². The summed E-state index contributed by atoms with van der Waals surface area (Å²) in [6.07, 6.45) is -8.95. The van der Waals surface area contributed by atoms with Gasteiger partial charge in [0.2, 0.25) is 17.4 Å². The van der Waals surface area contributed by atoms with E-state index in [0.717, 1.165) is 0 Å². The average molecular weight is 425 g/mol. The van der Waals surface area contributed by atoms with Gasteiger partial charge in [-0.05, 0) is 17.6 Å². The molecule has 0 fully saturated rings. The number of nitrogens with two attached hydrogens (primary N) is 1. The molecule has 28 heavy (non-hydrogen) atoms. The van der Waals surface area contributed by atoms with Crippen LogP contribution < -0.4 is 5.72 Å². The summed E-state index contributed by atoms with van der Waals surface area (Å²) < 4.78 is 167. The molecule has 0 radical (unpaired) electrons. The highest BCUT2D eigenvalue weighted by molar-refractivity contribution is 7.86. The maximum Gasteiger partial charge on any atom is 0.416 e. The zero-order valence-corrected chi connectivity index (χ0v) is 14.1. The molecule has 1 aliphatic rings. The first-order valence-corrected chi connectivity index (χ1v) is 8.58. The molecular weight excluding hydrogens is 399 g/mol. The highest BCUT2D eigenvalue weighted by atomic mass is 32.2. The maximum absolute atomic E-state index is 13.3. The third-order valence-electron chi connectivity index (χ3n) is 3.02. The summed E-state index contributed by atoms with van der Waals surface area (Å²) in [5.74, 6) is -6.50. The van der Waals surface area contributed by atoms with E-state index in [1.54, 1.807) is 0 Å². The zero-order valence-electron chi connectivity index (χ0n) is 25.2. The van der Waals surface area contributed by atoms with Crippen LogP contribution in [0.3, 0.4) is 0 Å². The van der Waals surface area contributed by atoms with E-state index in [1.165, 1.54) is 0 Å². The Morgan fingerprint density at radius 3 is 2.39 bits per heavy atom. The quantitative estimate of drug-likeness (QED) is 0.715. The molecule has 0 saturated carbocycles. The van der Waals surface area contributed by atoms with Gasteiger partial charge < -0.3 is 14.6 Å². The summed E-state index contributed by atoms with van der Waals surface area (Å²) in [7, 11) is -5.22. The highest BCUT2D eigenvalue weighted by Gasteiger charge is 2.40. The Morgan fingerprint density at radius 2 is 1.82 bits per heavy atom. The van der Waals surface area contributed by atoms with E-state index in [2.05, 4.69) is 4.18 Å². The lowest BCUT2D eigenvalue weighted by atomic mass is 10.0. The SMILES string of the molecule is [2H]c1c([2H])c([2H])c(CS(=O)(=O)OC2=C(N([2H])[2H])OC([2H])(c3c([2H])c([2H])c(C(F)(F)F)c([2H])c3[2H])C2=O)c([2H])c1[2H]. The molecule has 0 aliphatic carbocycles. The number of ketones is 1. The van der Waals surface area contributed by atoms with E-state index in [9.17, 15) is 26.4 Å². The maximum atomic E-state index is 13.3. The molecule has 0 spiro atoms. The van der Waals surface area contributed by atoms with Gasteiger partial charge in [-0.1, -0.05) is 42.3 Å². The molecule has 6 nitrogen and oxygen atoms in total. The predicted octanol–water partition coefficient (Wildman–Crippen LogP) is 3.02. The van der Waals surface area contributed by atoms with Crippen LogP contribution in [0.5, 0.6) is 0 Å². The van der Waals surface area contributed by atoms with Gasteiger partial charge in [0.1, 0.15) is 5.75 Å². The third kappa shape index (κ3) is 4.28. The third-order valence-corrected chi connectivity index (χ3v) is 4.09. The molecular formula is C18H14F3NO5S. The summed E-state index contributed by atoms with van der Waals surface area (Å²) in [6, 6.07) is -11.1. The minimum atomic E-state index is -5.39. The first kappa shape index (κ1) is 9.46. The second kappa shape index (κ2) is 7.19. The molecule has 2 aromatic carbocycles. The lowest BCUT2D eigenvalue weighted by Gasteiger charge is -2.12. The van der Waals surface area contributed by atoms with Crippen molar-refractivity contribution < 1.29 is 51.8 Å². The van der Waals surface area contributed by atoms with Crippen molar-refractivity contribution in [2.45, 2.75) is 18.0 Å². The molecule has 0 aromatic heterocycles. The van der Waals surface area contributed by atoms with Crippen molar-refractivity contribution >= 4 is 15.9 Å². The molecule has 1 aliphatic heterocycles. The predicted molar refractivity (Wildman–Crippen MR) is 91.6 cm³/mol. The van der Waals surface area contributed by atoms with Gasteiger partial charge in [-0.2, -0.15) is 21.6 Å². The fourth-order valence-corrected chi connectivity index (χ4v) is 2.83. The van der Waals surface area contributed by atoms with Crippen molar-refractivity contribution in [3.05, 3.63) is 82.7 Å². The number of rotatable bonds is 6. The fourth-order valence-electron chi connectivity index (χ4n) is 1.88. The second-order valence-corrected chi connectivity index (χ2v) is 6.60. The van der Waals surface area contributed by atoms with Crippen LogP contribution >= 0.6 is 0 Å². The standard InChI is InChI=1S/C18H14F3NO5S/c19-18(20,21)13-8-6-12(7-9-13)15-14(23)16(17(22)26-15)27-28(24,25)10-11-4-2-1-3-5-11/h1-9,15H,10,22H2/i1D,2D,3D,4D,5D,6D,7D,8D,9D,15D/hD2. The molecule has 1 atom stereocenters. The van der Waals surface area contributed by atoms with E-state index in [1.807, 2.05) is 0 Å². The summed E-state index contributed by atoms with van der Waals surface area (Å²) in [5.41, 5.74) is -4.84. The van der Waals surface area contributed by atoms with Crippen molar-refractivity contribution in [3.8, 4) is 0 Å². The Labute approximate surface area is 175 Å². The zero-order chi connectivity index (χ0) is 30.9. The second-order valence-electron chi connectivity index (χ2n) is 5.03. The summed E-state index contributed by atoms with van der Waals surface area (Å²) in [5, 5.41) is 0. The molecule has 0 amide bonds. The minimum absolute atomic E-state index is 0.579. The molecule has 2 aromatic rings. The monoisotopic (exact) mass is 425 g/mol. The smallest absolute Gasteiger partial charge is 0.416 e. The van der Waals surface area contributed by atoms with Gasteiger partial charge in [0.05, 0.1) is 19.3 Å². The number of benzene rings is 2. The topological polar surface area (TPSA) is 95.7 Å². The van der Waals surface area contributed by atoms with Crippen LogP contribution in [0.25, 0.3) is 0 Å². The molecule has 1 heterocycles. The van der Waals surface area contributed by atoms with Crippen molar-refractivity contribution in [2.24, 2.45) is 5.72 Å². The van der Waals surface area contributed by atoms with Gasteiger partial charge in [0.25, 0.3) is 0 Å². The molecule has 3 rings (SSSR count). The number of halogens is 3. The Morgan fingerprint density at radius 1 is 1.18 bits per heavy atom. The normalized spacial score (nSPS) is 26.0. The molecule has 2 N–H and O–H groups in total. The van der Waals surface area contributed by atoms with Crippen LogP contribution in [0.2, 0.25) is 2.82 Å². The summed E-state index contributed by atoms with van der Waals surface area (Å²) in [6.45, 7) is 0. The Bertz CT molecular complexity index is 1540. The number of ether oxygens (including phenoxy) is 1. The van der Waals surface area contributed by atoms with Crippen LogP contribution in [0.1, 0.15) is 36.5 Å². The molecule has 0 bridgehead atoms. The van der Waals surface area contributed by atoms with E-state index < -0.39 is 122 Å². The van der Waals surface area contributed by atoms with Gasteiger partial charge in [-0.25, -0.2) is 0 Å². The van der Waals surface area contributed by atoms with Gasteiger partial charge in [0.15, 0.2) is 8.90 Å². The van der Waals surface area contributed by atoms with E-state index in [-0.39, 0.29) is 0 Å². The number of hydrogen-bond acceptors (Lipinski definition) is 6. The minimum Gasteiger partial charge on any atom is -0.460 e. The number of hydrogen-bond donors (Lipinski definition) is 1. The van der Waals surface area contributed by atoms with Gasteiger partial charge >= 0.3 is 16.3 Å². The van der Waals surface area contributed by atoms with Crippen LogP contribution in [-0.4, -0.2) is 14.2 Å². The molecule has 10 heteroatoms. The Kier molecular flexibility index (Phi) is 2.43. The van der Waals surface area contributed by atoms with Gasteiger partial charge in [0, 0.05) is 5.56 Å². The van der Waals surface area contributed by atoms with Crippen molar-refractivity contribution in [2.75, 3.05) is 0 Å². The first-order valence-electron chi connectivity index (χ1n) is 12.9. The van der Waals surface area contributed by atoms with Crippen LogP contribution in [0, 0.1) is 0 Å². The summed E-state index contributed by atoms with van der Waals surface area (Å²) >= 11 is 0. The number of alkyl halides is 3. The number of carbonyl (C=O) groups is 1. The van der Waals surface area contributed by atoms with Crippen molar-refractivity contribution in [1.29, 1.82) is 0 Å². The molecule has 1 unspecified atom stereocenters. The van der Waals surface area contributed by atoms with E-state index in [0.29, 0.717) is 0 Å². The fraction of sp³-hybridized carbons (Fsp3) is 0.167. The lowest BCUT2D eigenvalue weighted by molar-refractivity contribution is -0.137. The van der Waals surface area contributed by atoms with Crippen LogP contribution in [0.4, 0.5) is 13.2 Å². The van der Waals surface area contributed by atoms with Gasteiger partial charge in [-0.15, -0.1) is 0 Å². The van der Waals surface area contributed by atoms with E-state index >= 15 is 0 Å². The number of Topliss-reactive ketones (excluding diaryl/α,β-unsaturated/α-hetero) is 1. The van der Waals surface area contributed by atoms with Gasteiger partial charge in [-0.3, -0.25) is 4.79 Å². The van der Waals surface area contributed by atoms with Crippen molar-refractivity contribution in [1.82, 2.24) is 0 Å². The molecule has 148 valence electrons. The lowest BCUT2D eigenvalue weighted by Crippen LogP contribution is -2.16. The van der Waals surface area contributed by atoms with Crippen LogP contribution in [0.15, 0.2) is 66.0 Å². The van der Waals surface area contributed by atoms with Crippen LogP contribution in [-0.2, 0) is 35.8 Å². The molecule has 0 saturated heterocycles. The first-order chi connectivity index (χ1) is 18.1. The summed E-state index contributed by atoms with van der Waals surface area (Å²) in [4.78, 5) is 13.1. The largest absolute Gasteiger partial charge is 0.460 e. The highest BCUT2D eigenvalue weighted by Crippen LogP contribution is 2.35. The number of carbonyl (C=O) groups excluding carboxylic acids is 1. The Balaban J connectivity index is 2.13. The van der Waals surface area contributed by atoms with E-state index in [4.69, 9.17) is 21.3 Å². The Hall–Kier alpha value is -3.01. The average Bonchev–Trinajstić information content (AvgIpc) is 3.08.